The summed E-state index contributed by atoms with van der Waals surface area (Å²) < 4.78 is 0. The van der Waals surface area contributed by atoms with Crippen LogP contribution in [0.15, 0.2) is 146 Å². The first-order valence-corrected chi connectivity index (χ1v) is 14.9. The van der Waals surface area contributed by atoms with Gasteiger partial charge in [0.25, 0.3) is 0 Å². The van der Waals surface area contributed by atoms with Gasteiger partial charge in [-0.25, -0.2) is 0 Å². The van der Waals surface area contributed by atoms with E-state index in [1.165, 1.54) is 66.1 Å². The second-order valence-electron chi connectivity index (χ2n) is 12.1. The summed E-state index contributed by atoms with van der Waals surface area (Å²) >= 11 is 0. The van der Waals surface area contributed by atoms with Crippen LogP contribution >= 0.6 is 0 Å². The van der Waals surface area contributed by atoms with Crippen molar-refractivity contribution in [1.29, 1.82) is 0 Å². The number of hydrogen-bond donors (Lipinski definition) is 1. The van der Waals surface area contributed by atoms with E-state index in [0.29, 0.717) is 5.75 Å². The van der Waals surface area contributed by atoms with Gasteiger partial charge in [0.2, 0.25) is 0 Å². The molecule has 43 heavy (non-hydrogen) atoms. The molecule has 0 spiro atoms. The first kappa shape index (κ1) is 26.7. The average Bonchev–Trinajstić information content (AvgIpc) is 3.04. The molecule has 0 amide bonds. The Hall–Kier alpha value is -5.14. The number of hydrogen-bond acceptors (Lipinski definition) is 1. The lowest BCUT2D eigenvalue weighted by atomic mass is 9.75. The minimum absolute atomic E-state index is 0.313. The predicted octanol–water partition coefficient (Wildman–Crippen LogP) is 11.3. The zero-order valence-corrected chi connectivity index (χ0v) is 24.8. The zero-order valence-electron chi connectivity index (χ0n) is 24.8. The maximum absolute atomic E-state index is 10.5. The van der Waals surface area contributed by atoms with Gasteiger partial charge in [-0.15, -0.1) is 0 Å². The molecule has 0 aliphatic rings. The van der Waals surface area contributed by atoms with E-state index in [1.807, 2.05) is 18.2 Å². The fraction of sp³-hybridized carbons (Fsp3) is 0.0952. The monoisotopic (exact) mass is 554 g/mol. The molecule has 0 fully saturated rings. The van der Waals surface area contributed by atoms with Crippen LogP contribution in [-0.4, -0.2) is 5.11 Å². The first-order chi connectivity index (χ1) is 20.9. The van der Waals surface area contributed by atoms with Gasteiger partial charge in [-0.05, 0) is 97.2 Å². The van der Waals surface area contributed by atoms with E-state index in [0.717, 1.165) is 5.56 Å². The Morgan fingerprint density at radius 3 is 1.63 bits per heavy atom. The van der Waals surface area contributed by atoms with Gasteiger partial charge in [0.05, 0.1) is 0 Å². The molecule has 1 nitrogen and oxygen atoms in total. The van der Waals surface area contributed by atoms with Crippen molar-refractivity contribution in [2.75, 3.05) is 0 Å². The molecule has 0 heterocycles. The van der Waals surface area contributed by atoms with Crippen LogP contribution in [0.25, 0.3) is 54.9 Å². The van der Waals surface area contributed by atoms with E-state index in [2.05, 4.69) is 142 Å². The highest BCUT2D eigenvalue weighted by atomic mass is 16.3. The number of para-hydroxylation sites is 1. The summed E-state index contributed by atoms with van der Waals surface area (Å²) in [6.07, 6.45) is 0. The molecule has 0 aromatic heterocycles. The van der Waals surface area contributed by atoms with Gasteiger partial charge in [-0.2, -0.15) is 0 Å². The third-order valence-electron chi connectivity index (χ3n) is 8.95. The molecule has 0 bridgehead atoms. The molecular formula is C42H34O. The van der Waals surface area contributed by atoms with E-state index in [1.54, 1.807) is 6.07 Å². The number of benzene rings is 7. The summed E-state index contributed by atoms with van der Waals surface area (Å²) in [5.41, 5.74) is 10.3. The Bertz CT molecular complexity index is 2130. The minimum atomic E-state index is -0.313. The highest BCUT2D eigenvalue weighted by Crippen LogP contribution is 2.39. The van der Waals surface area contributed by atoms with Crippen molar-refractivity contribution in [3.63, 3.8) is 0 Å². The summed E-state index contributed by atoms with van der Waals surface area (Å²) in [4.78, 5) is 0. The molecule has 7 aromatic carbocycles. The summed E-state index contributed by atoms with van der Waals surface area (Å²) in [7, 11) is 0. The molecular weight excluding hydrogens is 520 g/mol. The van der Waals surface area contributed by atoms with E-state index < -0.39 is 0 Å². The Morgan fingerprint density at radius 1 is 0.419 bits per heavy atom. The van der Waals surface area contributed by atoms with Crippen LogP contribution in [0.2, 0.25) is 0 Å². The normalized spacial score (nSPS) is 11.7. The van der Waals surface area contributed by atoms with Crippen molar-refractivity contribution < 1.29 is 5.11 Å². The van der Waals surface area contributed by atoms with E-state index in [4.69, 9.17) is 0 Å². The molecule has 0 saturated carbocycles. The molecule has 7 aromatic rings. The Morgan fingerprint density at radius 2 is 0.953 bits per heavy atom. The second kappa shape index (κ2) is 10.6. The molecule has 0 radical (unpaired) electrons. The van der Waals surface area contributed by atoms with Gasteiger partial charge < -0.3 is 5.11 Å². The fourth-order valence-electron chi connectivity index (χ4n) is 6.64. The van der Waals surface area contributed by atoms with Crippen LogP contribution in [0.3, 0.4) is 0 Å². The lowest BCUT2D eigenvalue weighted by molar-refractivity contribution is 0.453. The van der Waals surface area contributed by atoms with Crippen LogP contribution in [0, 0.1) is 6.92 Å². The first-order valence-electron chi connectivity index (χ1n) is 14.9. The summed E-state index contributed by atoms with van der Waals surface area (Å²) in [5, 5.41) is 15.7. The van der Waals surface area contributed by atoms with Gasteiger partial charge >= 0.3 is 0 Å². The fourth-order valence-corrected chi connectivity index (χ4v) is 6.64. The van der Waals surface area contributed by atoms with Crippen molar-refractivity contribution >= 4 is 21.5 Å². The number of rotatable bonds is 5. The Kier molecular flexibility index (Phi) is 6.59. The summed E-state index contributed by atoms with van der Waals surface area (Å²) in [6, 6.07) is 51.8. The molecule has 1 heteroatoms. The van der Waals surface area contributed by atoms with E-state index in [-0.39, 0.29) is 5.41 Å². The molecule has 0 saturated heterocycles. The van der Waals surface area contributed by atoms with Gasteiger partial charge in [0, 0.05) is 11.0 Å². The largest absolute Gasteiger partial charge is 0.508 e. The topological polar surface area (TPSA) is 20.2 Å². The standard InChI is InChI=1S/C42H34O/c1-28-24-34(21-23-39(28)42(2,3)40-16-6-7-17-41(40)43)32-13-8-11-30(25-32)31-12-9-14-33(26-31)35-20-22-38-36(27-35)19-18-29-10-4-5-15-37(29)38/h4-27,43H,1-3H3. The van der Waals surface area contributed by atoms with Crippen LogP contribution < -0.4 is 0 Å². The lowest BCUT2D eigenvalue weighted by Crippen LogP contribution is -2.20. The number of aromatic hydroxyl groups is 1. The van der Waals surface area contributed by atoms with Crippen molar-refractivity contribution in [1.82, 2.24) is 0 Å². The maximum atomic E-state index is 10.5. The molecule has 1 N–H and O–H groups in total. The average molecular weight is 555 g/mol. The van der Waals surface area contributed by atoms with E-state index in [9.17, 15) is 5.11 Å². The highest BCUT2D eigenvalue weighted by Gasteiger charge is 2.27. The number of aryl methyl sites for hydroxylation is 1. The number of phenols is 1. The van der Waals surface area contributed by atoms with Crippen molar-refractivity contribution in [3.05, 3.63) is 162 Å². The second-order valence-corrected chi connectivity index (χ2v) is 12.1. The Balaban J connectivity index is 1.21. The van der Waals surface area contributed by atoms with Crippen LogP contribution in [-0.2, 0) is 5.41 Å². The third kappa shape index (κ3) is 4.87. The summed E-state index contributed by atoms with van der Waals surface area (Å²) in [5.74, 6) is 0.336. The molecule has 7 rings (SSSR count). The summed E-state index contributed by atoms with van der Waals surface area (Å²) in [6.45, 7) is 6.52. The highest BCUT2D eigenvalue weighted by molar-refractivity contribution is 6.08. The lowest BCUT2D eigenvalue weighted by Gasteiger charge is -2.29. The third-order valence-corrected chi connectivity index (χ3v) is 8.95. The van der Waals surface area contributed by atoms with Crippen molar-refractivity contribution in [3.8, 4) is 39.1 Å². The number of phenolic OH excluding ortho intramolecular Hbond substituents is 1. The van der Waals surface area contributed by atoms with Crippen LogP contribution in [0.4, 0.5) is 0 Å². The van der Waals surface area contributed by atoms with Crippen LogP contribution in [0.5, 0.6) is 5.75 Å². The number of fused-ring (bicyclic) bond motifs is 3. The van der Waals surface area contributed by atoms with Gasteiger partial charge in [0.1, 0.15) is 5.75 Å². The van der Waals surface area contributed by atoms with Crippen molar-refractivity contribution in [2.45, 2.75) is 26.2 Å². The van der Waals surface area contributed by atoms with E-state index >= 15 is 0 Å². The smallest absolute Gasteiger partial charge is 0.119 e. The van der Waals surface area contributed by atoms with Crippen molar-refractivity contribution in [2.24, 2.45) is 0 Å². The van der Waals surface area contributed by atoms with Crippen LogP contribution in [0.1, 0.15) is 30.5 Å². The van der Waals surface area contributed by atoms with Gasteiger partial charge in [-0.1, -0.05) is 135 Å². The maximum Gasteiger partial charge on any atom is 0.119 e. The SMILES string of the molecule is Cc1cc(-c2cccc(-c3cccc(-c4ccc5c(ccc6ccccc65)c4)c3)c2)ccc1C(C)(C)c1ccccc1O. The van der Waals surface area contributed by atoms with Gasteiger partial charge in [0.15, 0.2) is 0 Å². The molecule has 208 valence electrons. The Labute approximate surface area is 253 Å². The molecule has 0 aliphatic heterocycles. The predicted molar refractivity (Wildman–Crippen MR) is 183 cm³/mol. The molecule has 0 unspecified atom stereocenters. The molecule has 0 aliphatic carbocycles. The zero-order chi connectivity index (χ0) is 29.6. The molecule has 0 atom stereocenters. The van der Waals surface area contributed by atoms with Gasteiger partial charge in [-0.3, -0.25) is 0 Å². The quantitative estimate of drug-likeness (QED) is 0.210. The minimum Gasteiger partial charge on any atom is -0.508 e.